The first kappa shape index (κ1) is 10.2. The van der Waals surface area contributed by atoms with Crippen molar-refractivity contribution >= 4 is 5.78 Å². The van der Waals surface area contributed by atoms with E-state index in [1.165, 1.54) is 0 Å². The number of nitriles is 1. The molecule has 0 radical (unpaired) electrons. The minimum atomic E-state index is -0.0958. The smallest absolute Gasteiger partial charge is 0.209 e. The fourth-order valence-corrected chi connectivity index (χ4v) is 1.45. The zero-order valence-corrected chi connectivity index (χ0v) is 8.82. The van der Waals surface area contributed by atoms with Gasteiger partial charge in [-0.15, -0.1) is 0 Å². The van der Waals surface area contributed by atoms with E-state index in [0.29, 0.717) is 17.0 Å². The highest BCUT2D eigenvalue weighted by Gasteiger charge is 2.10. The number of hydrogen-bond acceptors (Lipinski definition) is 2. The number of aromatic amines is 1. The lowest BCUT2D eigenvalue weighted by molar-refractivity contribution is 0.103. The van der Waals surface area contributed by atoms with Crippen molar-refractivity contribution in [1.29, 1.82) is 5.26 Å². The predicted molar refractivity (Wildman–Crippen MR) is 60.1 cm³/mol. The van der Waals surface area contributed by atoms with E-state index in [4.69, 9.17) is 5.26 Å². The lowest BCUT2D eigenvalue weighted by atomic mass is 10.1. The zero-order chi connectivity index (χ0) is 11.5. The third-order valence-corrected chi connectivity index (χ3v) is 2.36. The summed E-state index contributed by atoms with van der Waals surface area (Å²) in [5.74, 6) is -0.0958. The first-order chi connectivity index (χ1) is 7.70. The number of carbonyl (C=O) groups excluding carboxylic acids is 1. The van der Waals surface area contributed by atoms with Gasteiger partial charge in [-0.1, -0.05) is 29.8 Å². The van der Waals surface area contributed by atoms with Crippen molar-refractivity contribution in [3.8, 4) is 6.07 Å². The molecule has 3 heteroatoms. The van der Waals surface area contributed by atoms with Gasteiger partial charge in [-0.25, -0.2) is 0 Å². The number of nitrogens with one attached hydrogen (secondary N) is 1. The van der Waals surface area contributed by atoms with Gasteiger partial charge in [-0.05, 0) is 19.1 Å². The molecule has 2 rings (SSSR count). The quantitative estimate of drug-likeness (QED) is 0.774. The lowest BCUT2D eigenvalue weighted by Crippen LogP contribution is -2.01. The van der Waals surface area contributed by atoms with Gasteiger partial charge in [0.05, 0.1) is 5.69 Å². The number of nitrogens with zero attached hydrogens (tertiary/aromatic N) is 1. The summed E-state index contributed by atoms with van der Waals surface area (Å²) in [4.78, 5) is 14.7. The van der Waals surface area contributed by atoms with Crippen LogP contribution < -0.4 is 0 Å². The number of carbonyl (C=O) groups is 1. The van der Waals surface area contributed by atoms with Crippen molar-refractivity contribution in [1.82, 2.24) is 4.98 Å². The van der Waals surface area contributed by atoms with E-state index in [0.717, 1.165) is 5.56 Å². The van der Waals surface area contributed by atoms with Crippen molar-refractivity contribution in [3.63, 3.8) is 0 Å². The van der Waals surface area contributed by atoms with E-state index in [2.05, 4.69) is 4.98 Å². The van der Waals surface area contributed by atoms with Crippen LogP contribution >= 0.6 is 0 Å². The molecule has 0 fully saturated rings. The topological polar surface area (TPSA) is 56.6 Å². The molecule has 0 spiro atoms. The number of ketones is 1. The van der Waals surface area contributed by atoms with Crippen LogP contribution in [0.5, 0.6) is 0 Å². The Morgan fingerprint density at radius 3 is 2.44 bits per heavy atom. The highest BCUT2D eigenvalue weighted by atomic mass is 16.1. The molecule has 1 aromatic carbocycles. The molecule has 3 nitrogen and oxygen atoms in total. The first-order valence-corrected chi connectivity index (χ1v) is 4.91. The zero-order valence-electron chi connectivity index (χ0n) is 8.82. The van der Waals surface area contributed by atoms with Crippen LogP contribution in [-0.4, -0.2) is 10.8 Å². The SMILES string of the molecule is Cc1ccc(C(=O)c2ccc(C#N)[nH]2)cc1. The third kappa shape index (κ3) is 1.86. The van der Waals surface area contributed by atoms with E-state index in [9.17, 15) is 4.79 Å². The third-order valence-electron chi connectivity index (χ3n) is 2.36. The molecule has 1 N–H and O–H groups in total. The van der Waals surface area contributed by atoms with E-state index in [1.54, 1.807) is 24.3 Å². The van der Waals surface area contributed by atoms with E-state index in [1.807, 2.05) is 25.1 Å². The lowest BCUT2D eigenvalue weighted by Gasteiger charge is -1.98. The number of rotatable bonds is 2. The van der Waals surface area contributed by atoms with Crippen molar-refractivity contribution in [2.45, 2.75) is 6.92 Å². The molecule has 0 saturated carbocycles. The average Bonchev–Trinajstić information content (AvgIpc) is 2.77. The molecule has 0 amide bonds. The van der Waals surface area contributed by atoms with E-state index < -0.39 is 0 Å². The van der Waals surface area contributed by atoms with E-state index in [-0.39, 0.29) is 5.78 Å². The Hall–Kier alpha value is -2.34. The molecule has 1 aromatic heterocycles. The maximum atomic E-state index is 11.9. The Balaban J connectivity index is 2.32. The molecule has 0 saturated heterocycles. The summed E-state index contributed by atoms with van der Waals surface area (Å²) < 4.78 is 0. The van der Waals surface area contributed by atoms with Gasteiger partial charge in [0.15, 0.2) is 0 Å². The summed E-state index contributed by atoms with van der Waals surface area (Å²) in [5, 5.41) is 8.65. The van der Waals surface area contributed by atoms with Gasteiger partial charge >= 0.3 is 0 Å². The van der Waals surface area contributed by atoms with Crippen LogP contribution in [0.25, 0.3) is 0 Å². The van der Waals surface area contributed by atoms with Gasteiger partial charge in [0.25, 0.3) is 0 Å². The molecule has 0 bridgehead atoms. The summed E-state index contributed by atoms with van der Waals surface area (Å²) >= 11 is 0. The molecule has 0 atom stereocenters. The van der Waals surface area contributed by atoms with Gasteiger partial charge < -0.3 is 4.98 Å². The highest BCUT2D eigenvalue weighted by molar-refractivity contribution is 6.07. The summed E-state index contributed by atoms with van der Waals surface area (Å²) in [7, 11) is 0. The van der Waals surface area contributed by atoms with Crippen molar-refractivity contribution < 1.29 is 4.79 Å². The summed E-state index contributed by atoms with van der Waals surface area (Å²) in [6.07, 6.45) is 0. The Morgan fingerprint density at radius 2 is 1.88 bits per heavy atom. The van der Waals surface area contributed by atoms with Gasteiger partial charge in [0.2, 0.25) is 5.78 Å². The molecule has 0 aliphatic carbocycles. The monoisotopic (exact) mass is 210 g/mol. The Kier molecular flexibility index (Phi) is 2.57. The normalized spacial score (nSPS) is 9.75. The largest absolute Gasteiger partial charge is 0.344 e. The van der Waals surface area contributed by atoms with Crippen LogP contribution in [0.15, 0.2) is 36.4 Å². The Labute approximate surface area is 93.3 Å². The molecular weight excluding hydrogens is 200 g/mol. The van der Waals surface area contributed by atoms with Crippen LogP contribution in [-0.2, 0) is 0 Å². The fraction of sp³-hybridized carbons (Fsp3) is 0.0769. The molecule has 1 heterocycles. The van der Waals surface area contributed by atoms with Gasteiger partial charge in [0, 0.05) is 5.56 Å². The van der Waals surface area contributed by atoms with Crippen LogP contribution in [0.2, 0.25) is 0 Å². The number of aryl methyl sites for hydroxylation is 1. The van der Waals surface area contributed by atoms with Crippen LogP contribution in [0.3, 0.4) is 0 Å². The van der Waals surface area contributed by atoms with Crippen molar-refractivity contribution in [3.05, 3.63) is 58.9 Å². The second-order valence-corrected chi connectivity index (χ2v) is 3.59. The van der Waals surface area contributed by atoms with Crippen LogP contribution in [0.4, 0.5) is 0 Å². The highest BCUT2D eigenvalue weighted by Crippen LogP contribution is 2.10. The summed E-state index contributed by atoms with van der Waals surface area (Å²) in [6.45, 7) is 1.97. The van der Waals surface area contributed by atoms with Gasteiger partial charge in [0.1, 0.15) is 11.8 Å². The standard InChI is InChI=1S/C13H10N2O/c1-9-2-4-10(5-3-9)13(16)12-7-6-11(8-14)15-12/h2-7,15H,1H3. The molecule has 2 aromatic rings. The molecular formula is C13H10N2O. The minimum absolute atomic E-state index is 0.0958. The first-order valence-electron chi connectivity index (χ1n) is 4.91. The Morgan fingerprint density at radius 1 is 1.19 bits per heavy atom. The predicted octanol–water partition coefficient (Wildman–Crippen LogP) is 2.43. The van der Waals surface area contributed by atoms with Gasteiger partial charge in [-0.2, -0.15) is 5.26 Å². The van der Waals surface area contributed by atoms with E-state index >= 15 is 0 Å². The maximum absolute atomic E-state index is 11.9. The fourth-order valence-electron chi connectivity index (χ4n) is 1.45. The number of benzene rings is 1. The second-order valence-electron chi connectivity index (χ2n) is 3.59. The number of H-pyrrole nitrogens is 1. The summed E-state index contributed by atoms with van der Waals surface area (Å²) in [5.41, 5.74) is 2.58. The molecule has 0 unspecified atom stereocenters. The van der Waals surface area contributed by atoms with Gasteiger partial charge in [-0.3, -0.25) is 4.79 Å². The maximum Gasteiger partial charge on any atom is 0.209 e. The minimum Gasteiger partial charge on any atom is -0.344 e. The van der Waals surface area contributed by atoms with Crippen LogP contribution in [0.1, 0.15) is 27.3 Å². The Bertz CT molecular complexity index is 558. The number of aromatic nitrogens is 1. The molecule has 78 valence electrons. The molecule has 0 aliphatic rings. The summed E-state index contributed by atoms with van der Waals surface area (Å²) in [6, 6.07) is 12.5. The average molecular weight is 210 g/mol. The number of hydrogen-bond donors (Lipinski definition) is 1. The second kappa shape index (κ2) is 4.03. The molecule has 16 heavy (non-hydrogen) atoms. The van der Waals surface area contributed by atoms with Crippen LogP contribution in [0, 0.1) is 18.3 Å². The van der Waals surface area contributed by atoms with Crippen molar-refractivity contribution in [2.75, 3.05) is 0 Å². The van der Waals surface area contributed by atoms with Crippen molar-refractivity contribution in [2.24, 2.45) is 0 Å². The molecule has 0 aliphatic heterocycles.